The third kappa shape index (κ3) is 4.34. The molecule has 2 atom stereocenters. The highest BCUT2D eigenvalue weighted by atomic mass is 16.2. The third-order valence-corrected chi connectivity index (χ3v) is 3.10. The van der Waals surface area contributed by atoms with Gasteiger partial charge in [-0.2, -0.15) is 0 Å². The van der Waals surface area contributed by atoms with Crippen molar-refractivity contribution in [1.82, 2.24) is 16.0 Å². The van der Waals surface area contributed by atoms with Crippen LogP contribution in [0.4, 0.5) is 0 Å². The highest BCUT2D eigenvalue weighted by molar-refractivity contribution is 5.80. The van der Waals surface area contributed by atoms with E-state index in [2.05, 4.69) is 22.9 Å². The molecule has 2 unspecified atom stereocenters. The standard InChI is InChI=1S/C12H23N3O2/c1-8(2)11(16)14-4-5-15-12(17)10-7-13-6-9(10)3/h8-10,13H,4-7H2,1-3H3,(H,14,16)(H,15,17). The van der Waals surface area contributed by atoms with Gasteiger partial charge < -0.3 is 16.0 Å². The van der Waals surface area contributed by atoms with Crippen LogP contribution in [0.25, 0.3) is 0 Å². The Morgan fingerprint density at radius 3 is 2.41 bits per heavy atom. The molecule has 0 aromatic rings. The van der Waals surface area contributed by atoms with Crippen LogP contribution in [0.1, 0.15) is 20.8 Å². The summed E-state index contributed by atoms with van der Waals surface area (Å²) in [4.78, 5) is 23.0. The van der Waals surface area contributed by atoms with Gasteiger partial charge in [0.1, 0.15) is 0 Å². The first-order valence-electron chi connectivity index (χ1n) is 6.28. The van der Waals surface area contributed by atoms with Crippen LogP contribution < -0.4 is 16.0 Å². The maximum atomic E-state index is 11.8. The van der Waals surface area contributed by atoms with Gasteiger partial charge in [0.2, 0.25) is 11.8 Å². The smallest absolute Gasteiger partial charge is 0.224 e. The monoisotopic (exact) mass is 241 g/mol. The topological polar surface area (TPSA) is 70.2 Å². The zero-order valence-corrected chi connectivity index (χ0v) is 10.9. The Morgan fingerprint density at radius 2 is 1.88 bits per heavy atom. The molecular formula is C12H23N3O2. The summed E-state index contributed by atoms with van der Waals surface area (Å²) in [5.74, 6) is 0.553. The average molecular weight is 241 g/mol. The molecule has 1 fully saturated rings. The summed E-state index contributed by atoms with van der Waals surface area (Å²) >= 11 is 0. The van der Waals surface area contributed by atoms with Gasteiger partial charge in [0, 0.05) is 25.6 Å². The van der Waals surface area contributed by atoms with Crippen molar-refractivity contribution in [3.63, 3.8) is 0 Å². The predicted molar refractivity (Wildman–Crippen MR) is 66.4 cm³/mol. The summed E-state index contributed by atoms with van der Waals surface area (Å²) in [5, 5.41) is 8.82. The molecule has 17 heavy (non-hydrogen) atoms. The van der Waals surface area contributed by atoms with E-state index >= 15 is 0 Å². The number of amides is 2. The molecule has 1 aliphatic heterocycles. The van der Waals surface area contributed by atoms with Crippen LogP contribution in [0, 0.1) is 17.8 Å². The highest BCUT2D eigenvalue weighted by Gasteiger charge is 2.28. The molecule has 0 aliphatic carbocycles. The molecule has 5 heteroatoms. The van der Waals surface area contributed by atoms with Crippen molar-refractivity contribution in [3.05, 3.63) is 0 Å². The molecule has 0 saturated carbocycles. The molecule has 5 nitrogen and oxygen atoms in total. The number of nitrogens with one attached hydrogen (secondary N) is 3. The van der Waals surface area contributed by atoms with Crippen molar-refractivity contribution in [3.8, 4) is 0 Å². The molecule has 0 aromatic heterocycles. The predicted octanol–water partition coefficient (Wildman–Crippen LogP) is -0.270. The summed E-state index contributed by atoms with van der Waals surface area (Å²) in [6, 6.07) is 0. The molecule has 1 saturated heterocycles. The summed E-state index contributed by atoms with van der Waals surface area (Å²) in [5.41, 5.74) is 0. The van der Waals surface area contributed by atoms with Crippen molar-refractivity contribution >= 4 is 11.8 Å². The van der Waals surface area contributed by atoms with Crippen molar-refractivity contribution in [2.24, 2.45) is 17.8 Å². The molecule has 0 spiro atoms. The molecular weight excluding hydrogens is 218 g/mol. The van der Waals surface area contributed by atoms with Crippen molar-refractivity contribution in [2.75, 3.05) is 26.2 Å². The Morgan fingerprint density at radius 1 is 1.24 bits per heavy atom. The normalized spacial score (nSPS) is 23.8. The van der Waals surface area contributed by atoms with E-state index in [0.717, 1.165) is 13.1 Å². The van der Waals surface area contributed by atoms with E-state index in [1.165, 1.54) is 0 Å². The van der Waals surface area contributed by atoms with Gasteiger partial charge >= 0.3 is 0 Å². The largest absolute Gasteiger partial charge is 0.354 e. The van der Waals surface area contributed by atoms with Crippen LogP contribution in [-0.4, -0.2) is 38.0 Å². The fourth-order valence-electron chi connectivity index (χ4n) is 1.87. The zero-order valence-electron chi connectivity index (χ0n) is 10.9. The van der Waals surface area contributed by atoms with E-state index in [4.69, 9.17) is 0 Å². The summed E-state index contributed by atoms with van der Waals surface area (Å²) < 4.78 is 0. The Bertz CT molecular complexity index is 279. The van der Waals surface area contributed by atoms with Crippen molar-refractivity contribution in [2.45, 2.75) is 20.8 Å². The number of hydrogen-bond acceptors (Lipinski definition) is 3. The van der Waals surface area contributed by atoms with Crippen LogP contribution in [0.15, 0.2) is 0 Å². The van der Waals surface area contributed by atoms with Gasteiger partial charge in [-0.15, -0.1) is 0 Å². The van der Waals surface area contributed by atoms with Gasteiger partial charge in [-0.1, -0.05) is 20.8 Å². The lowest BCUT2D eigenvalue weighted by atomic mass is 9.97. The Hall–Kier alpha value is -1.10. The van der Waals surface area contributed by atoms with E-state index < -0.39 is 0 Å². The minimum absolute atomic E-state index is 0.00949. The van der Waals surface area contributed by atoms with Gasteiger partial charge in [0.25, 0.3) is 0 Å². The molecule has 1 aliphatic rings. The number of carbonyl (C=O) groups excluding carboxylic acids is 2. The van der Waals surface area contributed by atoms with Crippen molar-refractivity contribution < 1.29 is 9.59 Å². The third-order valence-electron chi connectivity index (χ3n) is 3.10. The Balaban J connectivity index is 2.14. The van der Waals surface area contributed by atoms with E-state index in [1.54, 1.807) is 0 Å². The Kier molecular flexibility index (Phi) is 5.41. The first-order valence-corrected chi connectivity index (χ1v) is 6.28. The second-order valence-electron chi connectivity index (χ2n) is 4.98. The average Bonchev–Trinajstić information content (AvgIpc) is 2.70. The molecule has 2 amide bonds. The van der Waals surface area contributed by atoms with Crippen molar-refractivity contribution in [1.29, 1.82) is 0 Å². The molecule has 0 radical (unpaired) electrons. The SMILES string of the molecule is CC(C)C(=O)NCCNC(=O)C1CNCC1C. The molecule has 98 valence electrons. The Labute approximate surface area is 103 Å². The van der Waals surface area contributed by atoms with Gasteiger partial charge in [-0.3, -0.25) is 9.59 Å². The van der Waals surface area contributed by atoms with Gasteiger partial charge in [0.15, 0.2) is 0 Å². The molecule has 3 N–H and O–H groups in total. The molecule has 1 rings (SSSR count). The molecule has 0 bridgehead atoms. The molecule has 1 heterocycles. The maximum Gasteiger partial charge on any atom is 0.224 e. The lowest BCUT2D eigenvalue weighted by Crippen LogP contribution is -2.40. The fourth-order valence-corrected chi connectivity index (χ4v) is 1.87. The lowest BCUT2D eigenvalue weighted by Gasteiger charge is -2.14. The van der Waals surface area contributed by atoms with Crippen LogP contribution in [-0.2, 0) is 9.59 Å². The summed E-state index contributed by atoms with van der Waals surface area (Å²) in [6.45, 7) is 8.43. The fraction of sp³-hybridized carbons (Fsp3) is 0.833. The zero-order chi connectivity index (χ0) is 12.8. The van der Waals surface area contributed by atoms with E-state index in [1.807, 2.05) is 13.8 Å². The van der Waals surface area contributed by atoms with Crippen LogP contribution in [0.3, 0.4) is 0 Å². The first-order chi connectivity index (χ1) is 8.02. The number of carbonyl (C=O) groups is 2. The second-order valence-corrected chi connectivity index (χ2v) is 4.98. The minimum Gasteiger partial charge on any atom is -0.354 e. The lowest BCUT2D eigenvalue weighted by molar-refractivity contribution is -0.126. The maximum absolute atomic E-state index is 11.8. The van der Waals surface area contributed by atoms with Gasteiger partial charge in [0.05, 0.1) is 5.92 Å². The minimum atomic E-state index is -0.00949. The first kappa shape index (κ1) is 14.0. The van der Waals surface area contributed by atoms with Crippen LogP contribution in [0.5, 0.6) is 0 Å². The van der Waals surface area contributed by atoms with E-state index in [0.29, 0.717) is 19.0 Å². The summed E-state index contributed by atoms with van der Waals surface area (Å²) in [6.07, 6.45) is 0. The molecule has 0 aromatic carbocycles. The van der Waals surface area contributed by atoms with E-state index in [-0.39, 0.29) is 23.7 Å². The van der Waals surface area contributed by atoms with Gasteiger partial charge in [-0.05, 0) is 12.5 Å². The second kappa shape index (κ2) is 6.59. The quantitative estimate of drug-likeness (QED) is 0.580. The highest BCUT2D eigenvalue weighted by Crippen LogP contribution is 2.15. The summed E-state index contributed by atoms with van der Waals surface area (Å²) in [7, 11) is 0. The number of rotatable bonds is 5. The number of hydrogen-bond donors (Lipinski definition) is 3. The van der Waals surface area contributed by atoms with Crippen LogP contribution >= 0.6 is 0 Å². The van der Waals surface area contributed by atoms with E-state index in [9.17, 15) is 9.59 Å². The van der Waals surface area contributed by atoms with Crippen LogP contribution in [0.2, 0.25) is 0 Å². The van der Waals surface area contributed by atoms with Gasteiger partial charge in [-0.25, -0.2) is 0 Å².